The first kappa shape index (κ1) is 23.2. The molecular formula is C14H36N4O2Si2. The first-order valence-electron chi connectivity index (χ1n) is 7.49. The topological polar surface area (TPSA) is 110 Å². The van der Waals surface area contributed by atoms with Crippen LogP contribution >= 0.6 is 0 Å². The highest BCUT2D eigenvalue weighted by Gasteiger charge is 2.41. The molecule has 0 atom stereocenters. The van der Waals surface area contributed by atoms with Crippen molar-refractivity contribution in [3.05, 3.63) is 0 Å². The van der Waals surface area contributed by atoms with E-state index in [1.54, 1.807) is 0 Å². The van der Waals surface area contributed by atoms with Gasteiger partial charge in [-0.25, -0.2) is 4.79 Å². The van der Waals surface area contributed by atoms with Gasteiger partial charge in [0.05, 0.1) is 0 Å². The Morgan fingerprint density at radius 2 is 0.909 bits per heavy atom. The predicted molar refractivity (Wildman–Crippen MR) is 99.8 cm³/mol. The van der Waals surface area contributed by atoms with Crippen LogP contribution in [-0.4, -0.2) is 28.5 Å². The number of hydrogen-bond acceptors (Lipinski definition) is 2. The predicted octanol–water partition coefficient (Wildman–Crippen LogP) is 3.32. The highest BCUT2D eigenvalue weighted by atomic mass is 28.3. The minimum absolute atomic E-state index is 0.0215. The number of carbonyl (C=O) groups is 2. The van der Waals surface area contributed by atoms with E-state index in [1.807, 2.05) is 0 Å². The first-order valence-corrected chi connectivity index (χ1v) is 13.5. The second-order valence-electron chi connectivity index (χ2n) is 8.73. The number of nitrogens with one attached hydrogen (secondary N) is 2. The van der Waals surface area contributed by atoms with Crippen LogP contribution in [0.5, 0.6) is 0 Å². The lowest BCUT2D eigenvalue weighted by Gasteiger charge is -2.41. The van der Waals surface area contributed by atoms with Crippen molar-refractivity contribution in [3.63, 3.8) is 0 Å². The fourth-order valence-corrected chi connectivity index (χ4v) is 3.11. The lowest BCUT2D eigenvalue weighted by atomic mass is 10.2. The van der Waals surface area contributed by atoms with Crippen LogP contribution in [0.1, 0.15) is 41.5 Å². The number of nitrogens with two attached hydrogens (primary N) is 2. The molecule has 0 aromatic heterocycles. The number of hydrogen-bond donors (Lipinski definition) is 4. The van der Waals surface area contributed by atoms with Crippen LogP contribution in [0.3, 0.4) is 0 Å². The van der Waals surface area contributed by atoms with E-state index in [4.69, 9.17) is 4.79 Å². The molecule has 6 N–H and O–H groups in total. The van der Waals surface area contributed by atoms with Gasteiger partial charge in [-0.3, -0.25) is 4.79 Å². The van der Waals surface area contributed by atoms with Gasteiger partial charge >= 0.3 is 6.03 Å². The number of carbonyl (C=O) groups excluding carboxylic acids is 2. The summed E-state index contributed by atoms with van der Waals surface area (Å²) in [5.41, 5.74) is 8.50. The average Bonchev–Trinajstić information content (AvgIpc) is 2.09. The Balaban J connectivity index is 0. The highest BCUT2D eigenvalue weighted by molar-refractivity contribution is 6.82. The fourth-order valence-electron chi connectivity index (χ4n) is 0.974. The summed E-state index contributed by atoms with van der Waals surface area (Å²) in [5, 5.41) is 0.329. The van der Waals surface area contributed by atoms with Crippen molar-refractivity contribution >= 4 is 28.5 Å². The van der Waals surface area contributed by atoms with Crippen LogP contribution in [0.2, 0.25) is 36.3 Å². The van der Waals surface area contributed by atoms with Crippen molar-refractivity contribution in [1.82, 2.24) is 9.96 Å². The molecule has 0 aliphatic carbocycles. The molecule has 0 saturated carbocycles. The molecule has 0 radical (unpaired) electrons. The summed E-state index contributed by atoms with van der Waals surface area (Å²) < 4.78 is 0. The Bertz CT molecular complexity index is 363. The molecule has 0 bridgehead atoms. The van der Waals surface area contributed by atoms with E-state index in [0.717, 1.165) is 0 Å². The Morgan fingerprint density at radius 3 is 1.05 bits per heavy atom. The number of urea groups is 2. The fraction of sp³-hybridized carbons (Fsp3) is 0.857. The zero-order valence-corrected chi connectivity index (χ0v) is 18.0. The quantitative estimate of drug-likeness (QED) is 0.574. The number of rotatable bonds is 2. The summed E-state index contributed by atoms with van der Waals surface area (Å²) in [5.74, 6) is 0. The van der Waals surface area contributed by atoms with Gasteiger partial charge in [0, 0.05) is 0 Å². The molecule has 0 heterocycles. The van der Waals surface area contributed by atoms with E-state index < -0.39 is 22.5 Å². The molecule has 8 heteroatoms. The maximum atomic E-state index is 12.2. The van der Waals surface area contributed by atoms with Gasteiger partial charge in [-0.05, 0) is 10.1 Å². The van der Waals surface area contributed by atoms with Gasteiger partial charge in [0.1, 0.15) is 0 Å². The summed E-state index contributed by atoms with van der Waals surface area (Å²) in [4.78, 5) is 27.7. The third-order valence-corrected chi connectivity index (χ3v) is 13.8. The van der Waals surface area contributed by atoms with E-state index in [2.05, 4.69) is 89.2 Å². The maximum Gasteiger partial charge on any atom is 0.309 e. The molecule has 0 aromatic carbocycles. The van der Waals surface area contributed by atoms with Crippen LogP contribution in [-0.2, 0) is 0 Å². The second-order valence-corrected chi connectivity index (χ2v) is 18.7. The lowest BCUT2D eigenvalue weighted by molar-refractivity contribution is 0.249. The van der Waals surface area contributed by atoms with Crippen LogP contribution in [0.4, 0.5) is 9.59 Å². The Hall–Kier alpha value is -1.03. The van der Waals surface area contributed by atoms with E-state index in [-0.39, 0.29) is 16.1 Å². The Morgan fingerprint density at radius 1 is 0.727 bits per heavy atom. The summed E-state index contributed by atoms with van der Waals surface area (Å²) >= 11 is 0. The van der Waals surface area contributed by atoms with Crippen LogP contribution < -0.4 is 21.4 Å². The molecule has 22 heavy (non-hydrogen) atoms. The van der Waals surface area contributed by atoms with E-state index in [0.29, 0.717) is 0 Å². The van der Waals surface area contributed by atoms with Crippen molar-refractivity contribution in [2.24, 2.45) is 11.5 Å². The molecule has 0 unspecified atom stereocenters. The van der Waals surface area contributed by atoms with Crippen LogP contribution in [0, 0.1) is 0 Å². The van der Waals surface area contributed by atoms with Crippen molar-refractivity contribution in [2.75, 3.05) is 0 Å². The van der Waals surface area contributed by atoms with Gasteiger partial charge in [-0.15, -0.1) is 0 Å². The SMILES string of the molecule is CC(C)(C)[Si](C)(C)NC(=O)N[Si](C)(C)C(C)(C)C.NC(N)=O. The standard InChI is InChI=1S/C13H32N2OSi2.CH4N2O/c1-12(2,3)17(7,8)14-11(16)15-18(9,10)13(4,5)6;2-1(3)4/h1-10H3,(H2,14,15,16);(H4,2,3,4). The maximum absolute atomic E-state index is 12.2. The monoisotopic (exact) mass is 348 g/mol. The number of primary amides is 2. The molecule has 6 nitrogen and oxygen atoms in total. The Kier molecular flexibility index (Phi) is 7.92. The van der Waals surface area contributed by atoms with E-state index >= 15 is 0 Å². The normalized spacial score (nSPS) is 12.8. The molecule has 0 aliphatic rings. The van der Waals surface area contributed by atoms with Gasteiger partial charge in [0.25, 0.3) is 6.03 Å². The van der Waals surface area contributed by atoms with Crippen LogP contribution in [0.25, 0.3) is 0 Å². The molecule has 0 saturated heterocycles. The largest absolute Gasteiger partial charge is 0.365 e. The third-order valence-electron chi connectivity index (χ3n) is 4.60. The molecule has 0 rings (SSSR count). The first-order chi connectivity index (χ1) is 9.33. The van der Waals surface area contributed by atoms with E-state index in [9.17, 15) is 4.79 Å². The van der Waals surface area contributed by atoms with Gasteiger partial charge in [0.15, 0.2) is 16.5 Å². The average molecular weight is 349 g/mol. The zero-order chi connectivity index (χ0) is 18.6. The zero-order valence-electron chi connectivity index (χ0n) is 16.0. The second kappa shape index (κ2) is 7.50. The van der Waals surface area contributed by atoms with Crippen molar-refractivity contribution in [3.8, 4) is 0 Å². The van der Waals surface area contributed by atoms with Gasteiger partial charge in [-0.2, -0.15) is 0 Å². The molecule has 0 spiro atoms. The summed E-state index contributed by atoms with van der Waals surface area (Å²) in [6.45, 7) is 22.0. The number of amides is 4. The Labute approximate surface area is 138 Å². The molecular weight excluding hydrogens is 312 g/mol. The lowest BCUT2D eigenvalue weighted by Crippen LogP contribution is -2.63. The van der Waals surface area contributed by atoms with Crippen molar-refractivity contribution in [1.29, 1.82) is 0 Å². The molecule has 0 aliphatic heterocycles. The van der Waals surface area contributed by atoms with Gasteiger partial charge < -0.3 is 21.4 Å². The van der Waals surface area contributed by atoms with Gasteiger partial charge in [0.2, 0.25) is 0 Å². The van der Waals surface area contributed by atoms with Crippen molar-refractivity contribution < 1.29 is 9.59 Å². The van der Waals surface area contributed by atoms with Crippen LogP contribution in [0.15, 0.2) is 0 Å². The molecule has 132 valence electrons. The van der Waals surface area contributed by atoms with Gasteiger partial charge in [-0.1, -0.05) is 67.7 Å². The molecule has 0 aromatic rings. The highest BCUT2D eigenvalue weighted by Crippen LogP contribution is 2.35. The molecule has 0 fully saturated rings. The summed E-state index contributed by atoms with van der Waals surface area (Å²) in [6, 6.07) is -0.812. The smallest absolute Gasteiger partial charge is 0.309 e. The summed E-state index contributed by atoms with van der Waals surface area (Å²) in [7, 11) is -3.53. The van der Waals surface area contributed by atoms with E-state index in [1.165, 1.54) is 0 Å². The minimum Gasteiger partial charge on any atom is -0.365 e. The third kappa shape index (κ3) is 8.42. The minimum atomic E-state index is -1.77. The molecule has 4 amide bonds. The van der Waals surface area contributed by atoms with Crippen molar-refractivity contribution in [2.45, 2.75) is 77.8 Å². The summed E-state index contributed by atoms with van der Waals surface area (Å²) in [6.07, 6.45) is 0.